The van der Waals surface area contributed by atoms with Gasteiger partial charge in [-0.05, 0) is 36.8 Å². The van der Waals surface area contributed by atoms with Crippen molar-refractivity contribution in [3.05, 3.63) is 70.7 Å². The molecule has 2 rings (SSSR count). The predicted octanol–water partition coefficient (Wildman–Crippen LogP) is 4.18. The molecule has 0 spiro atoms. The molecule has 0 heterocycles. The summed E-state index contributed by atoms with van der Waals surface area (Å²) < 4.78 is 10.9. The summed E-state index contributed by atoms with van der Waals surface area (Å²) in [6, 6.07) is 11.6. The van der Waals surface area contributed by atoms with Crippen LogP contribution in [0.1, 0.15) is 23.2 Å². The predicted molar refractivity (Wildman–Crippen MR) is 109 cm³/mol. The molecule has 28 heavy (non-hydrogen) atoms. The first kappa shape index (κ1) is 21.6. The molecule has 0 radical (unpaired) electrons. The number of carbonyl (C=O) groups is 2. The second kappa shape index (κ2) is 11.2. The second-order valence-electron chi connectivity index (χ2n) is 5.62. The zero-order valence-electron chi connectivity index (χ0n) is 15.0. The maximum Gasteiger partial charge on any atom is 0.273 e. The lowest BCUT2D eigenvalue weighted by atomic mass is 10.2. The molecule has 0 aliphatic carbocycles. The minimum Gasteiger partial charge on any atom is -0.492 e. The number of rotatable bonds is 9. The zero-order valence-corrected chi connectivity index (χ0v) is 16.6. The SMILES string of the molecule is C=CCOc1ccccc1C(=O)NNC(=O)CCCOc1ccc(Cl)cc1Cl. The van der Waals surface area contributed by atoms with E-state index in [1.807, 2.05) is 0 Å². The van der Waals surface area contributed by atoms with Gasteiger partial charge in [-0.1, -0.05) is 48.0 Å². The Kier molecular flexibility index (Phi) is 8.65. The molecule has 0 aliphatic heterocycles. The molecular formula is C20H20Cl2N2O4. The zero-order chi connectivity index (χ0) is 20.4. The van der Waals surface area contributed by atoms with Crippen molar-refractivity contribution in [1.29, 1.82) is 0 Å². The van der Waals surface area contributed by atoms with Crippen molar-refractivity contribution in [3.8, 4) is 11.5 Å². The molecule has 0 atom stereocenters. The number of para-hydroxylation sites is 1. The first-order valence-corrected chi connectivity index (χ1v) is 9.26. The first-order valence-electron chi connectivity index (χ1n) is 8.51. The van der Waals surface area contributed by atoms with Crippen LogP contribution in [0.5, 0.6) is 11.5 Å². The van der Waals surface area contributed by atoms with Gasteiger partial charge in [0.1, 0.15) is 18.1 Å². The molecule has 0 saturated carbocycles. The minimum absolute atomic E-state index is 0.167. The number of amides is 2. The number of benzene rings is 2. The molecule has 2 aromatic carbocycles. The topological polar surface area (TPSA) is 76.7 Å². The van der Waals surface area contributed by atoms with Crippen LogP contribution in [0.25, 0.3) is 0 Å². The lowest BCUT2D eigenvalue weighted by molar-refractivity contribution is -0.122. The van der Waals surface area contributed by atoms with E-state index in [9.17, 15) is 9.59 Å². The highest BCUT2D eigenvalue weighted by Crippen LogP contribution is 2.27. The summed E-state index contributed by atoms with van der Waals surface area (Å²) in [6.07, 6.45) is 2.19. The minimum atomic E-state index is -0.475. The summed E-state index contributed by atoms with van der Waals surface area (Å²) in [6.45, 7) is 4.13. The monoisotopic (exact) mass is 422 g/mol. The summed E-state index contributed by atoms with van der Waals surface area (Å²) in [4.78, 5) is 24.1. The molecular weight excluding hydrogens is 403 g/mol. The number of ether oxygens (including phenoxy) is 2. The molecule has 8 heteroatoms. The van der Waals surface area contributed by atoms with Gasteiger partial charge in [-0.25, -0.2) is 0 Å². The van der Waals surface area contributed by atoms with E-state index in [0.29, 0.717) is 40.1 Å². The smallest absolute Gasteiger partial charge is 0.273 e. The molecule has 2 amide bonds. The Morgan fingerprint density at radius 3 is 2.57 bits per heavy atom. The molecule has 0 bridgehead atoms. The van der Waals surface area contributed by atoms with Gasteiger partial charge in [0.15, 0.2) is 0 Å². The van der Waals surface area contributed by atoms with Gasteiger partial charge in [0, 0.05) is 11.4 Å². The van der Waals surface area contributed by atoms with Crippen LogP contribution in [0.3, 0.4) is 0 Å². The molecule has 148 valence electrons. The van der Waals surface area contributed by atoms with Crippen LogP contribution in [0.4, 0.5) is 0 Å². The fourth-order valence-electron chi connectivity index (χ4n) is 2.19. The van der Waals surface area contributed by atoms with E-state index < -0.39 is 5.91 Å². The average molecular weight is 423 g/mol. The molecule has 2 N–H and O–H groups in total. The number of hydrazine groups is 1. The Bertz CT molecular complexity index is 843. The Morgan fingerprint density at radius 2 is 1.82 bits per heavy atom. The number of hydrogen-bond acceptors (Lipinski definition) is 4. The van der Waals surface area contributed by atoms with Crippen LogP contribution >= 0.6 is 23.2 Å². The van der Waals surface area contributed by atoms with Gasteiger partial charge in [0.25, 0.3) is 5.91 Å². The second-order valence-corrected chi connectivity index (χ2v) is 6.47. The third-order valence-electron chi connectivity index (χ3n) is 3.50. The fraction of sp³-hybridized carbons (Fsp3) is 0.200. The van der Waals surface area contributed by atoms with Crippen LogP contribution < -0.4 is 20.3 Å². The molecule has 6 nitrogen and oxygen atoms in total. The van der Waals surface area contributed by atoms with Crippen LogP contribution in [0.2, 0.25) is 10.0 Å². The van der Waals surface area contributed by atoms with Gasteiger partial charge < -0.3 is 9.47 Å². The molecule has 0 aromatic heterocycles. The summed E-state index contributed by atoms with van der Waals surface area (Å²) >= 11 is 11.8. The average Bonchev–Trinajstić information content (AvgIpc) is 2.69. The van der Waals surface area contributed by atoms with Crippen molar-refractivity contribution in [2.24, 2.45) is 0 Å². The van der Waals surface area contributed by atoms with E-state index in [1.165, 1.54) is 0 Å². The quantitative estimate of drug-likeness (QED) is 0.361. The van der Waals surface area contributed by atoms with Gasteiger partial charge in [0.2, 0.25) is 5.91 Å². The van der Waals surface area contributed by atoms with Gasteiger partial charge >= 0.3 is 0 Å². The molecule has 0 unspecified atom stereocenters. The maximum atomic E-state index is 12.2. The summed E-state index contributed by atoms with van der Waals surface area (Å²) in [5, 5.41) is 0.922. The largest absolute Gasteiger partial charge is 0.492 e. The van der Waals surface area contributed by atoms with Crippen molar-refractivity contribution < 1.29 is 19.1 Å². The third-order valence-corrected chi connectivity index (χ3v) is 4.03. The van der Waals surface area contributed by atoms with E-state index in [-0.39, 0.29) is 18.9 Å². The lowest BCUT2D eigenvalue weighted by Crippen LogP contribution is -2.41. The number of halogens is 2. The van der Waals surface area contributed by atoms with Crippen LogP contribution in [0.15, 0.2) is 55.1 Å². The Hall–Kier alpha value is -2.70. The summed E-state index contributed by atoms with van der Waals surface area (Å²) in [5.74, 6) is 0.0825. The highest BCUT2D eigenvalue weighted by molar-refractivity contribution is 6.35. The standard InChI is InChI=1S/C20H20Cl2N2O4/c1-2-11-27-17-7-4-3-6-15(17)20(26)24-23-19(25)8-5-12-28-18-10-9-14(21)13-16(18)22/h2-4,6-7,9-10,13H,1,5,8,11-12H2,(H,23,25)(H,24,26). The van der Waals surface area contributed by atoms with Crippen LogP contribution in [0, 0.1) is 0 Å². The fourth-order valence-corrected chi connectivity index (χ4v) is 2.66. The molecule has 2 aromatic rings. The maximum absolute atomic E-state index is 12.2. The van der Waals surface area contributed by atoms with Crippen molar-refractivity contribution in [1.82, 2.24) is 10.9 Å². The first-order chi connectivity index (χ1) is 13.5. The van der Waals surface area contributed by atoms with Crippen molar-refractivity contribution in [2.45, 2.75) is 12.8 Å². The van der Waals surface area contributed by atoms with E-state index in [4.69, 9.17) is 32.7 Å². The van der Waals surface area contributed by atoms with Crippen molar-refractivity contribution in [2.75, 3.05) is 13.2 Å². The molecule has 0 aliphatic rings. The van der Waals surface area contributed by atoms with E-state index in [2.05, 4.69) is 17.4 Å². The van der Waals surface area contributed by atoms with Gasteiger partial charge in [-0.2, -0.15) is 0 Å². The Labute approximate surface area is 173 Å². The Balaban J connectivity index is 1.73. The normalized spacial score (nSPS) is 10.1. The lowest BCUT2D eigenvalue weighted by Gasteiger charge is -2.11. The molecule has 0 fully saturated rings. The third kappa shape index (κ3) is 6.79. The van der Waals surface area contributed by atoms with Crippen molar-refractivity contribution in [3.63, 3.8) is 0 Å². The van der Waals surface area contributed by atoms with Gasteiger partial charge in [-0.15, -0.1) is 0 Å². The Morgan fingerprint density at radius 1 is 1.04 bits per heavy atom. The van der Waals surface area contributed by atoms with E-state index in [1.54, 1.807) is 48.5 Å². The van der Waals surface area contributed by atoms with Crippen LogP contribution in [-0.4, -0.2) is 25.0 Å². The summed E-state index contributed by atoms with van der Waals surface area (Å²) in [5.41, 5.74) is 5.05. The van der Waals surface area contributed by atoms with E-state index in [0.717, 1.165) is 0 Å². The molecule has 0 saturated heterocycles. The number of carbonyl (C=O) groups excluding carboxylic acids is 2. The van der Waals surface area contributed by atoms with Gasteiger partial charge in [0.05, 0.1) is 17.2 Å². The van der Waals surface area contributed by atoms with E-state index >= 15 is 0 Å². The van der Waals surface area contributed by atoms with Crippen LogP contribution in [-0.2, 0) is 4.79 Å². The number of nitrogens with one attached hydrogen (secondary N) is 2. The van der Waals surface area contributed by atoms with Crippen molar-refractivity contribution >= 4 is 35.0 Å². The highest BCUT2D eigenvalue weighted by atomic mass is 35.5. The van der Waals surface area contributed by atoms with Gasteiger partial charge in [-0.3, -0.25) is 20.4 Å². The highest BCUT2D eigenvalue weighted by Gasteiger charge is 2.12. The summed E-state index contributed by atoms with van der Waals surface area (Å²) in [7, 11) is 0. The number of hydrogen-bond donors (Lipinski definition) is 2.